The van der Waals surface area contributed by atoms with Gasteiger partial charge in [0.1, 0.15) is 0 Å². The molecule has 3 nitrogen and oxygen atoms in total. The van der Waals surface area contributed by atoms with Crippen LogP contribution in [0.1, 0.15) is 39.0 Å². The molecule has 0 saturated carbocycles. The lowest BCUT2D eigenvalue weighted by molar-refractivity contribution is 0.536. The van der Waals surface area contributed by atoms with E-state index in [2.05, 4.69) is 44.3 Å². The van der Waals surface area contributed by atoms with E-state index in [1.807, 2.05) is 11.7 Å². The Labute approximate surface area is 92.9 Å². The summed E-state index contributed by atoms with van der Waals surface area (Å²) in [5.41, 5.74) is 2.75. The Balaban J connectivity index is 2.95. The number of nitrogens with zero attached hydrogens (tertiary/aromatic N) is 2. The van der Waals surface area contributed by atoms with Crippen molar-refractivity contribution in [1.29, 1.82) is 0 Å². The molecule has 0 bridgehead atoms. The molecule has 3 heteroatoms. The van der Waals surface area contributed by atoms with Crippen LogP contribution in [0, 0.1) is 0 Å². The van der Waals surface area contributed by atoms with Gasteiger partial charge in [-0.05, 0) is 32.5 Å². The Morgan fingerprint density at radius 3 is 2.53 bits per heavy atom. The second-order valence-electron chi connectivity index (χ2n) is 4.96. The van der Waals surface area contributed by atoms with E-state index in [4.69, 9.17) is 0 Å². The minimum Gasteiger partial charge on any atom is -0.319 e. The lowest BCUT2D eigenvalue weighted by Gasteiger charge is -2.17. The van der Waals surface area contributed by atoms with Crippen molar-refractivity contribution in [3.8, 4) is 0 Å². The van der Waals surface area contributed by atoms with Crippen molar-refractivity contribution in [2.24, 2.45) is 0 Å². The maximum Gasteiger partial charge on any atom is 0.0710 e. The van der Waals surface area contributed by atoms with Crippen molar-refractivity contribution in [2.75, 3.05) is 13.6 Å². The van der Waals surface area contributed by atoms with Gasteiger partial charge < -0.3 is 5.32 Å². The number of nitrogens with one attached hydrogen (secondary N) is 1. The molecule has 0 aliphatic carbocycles. The van der Waals surface area contributed by atoms with E-state index in [1.165, 1.54) is 11.3 Å². The molecule has 1 heterocycles. The molecule has 0 radical (unpaired) electrons. The van der Waals surface area contributed by atoms with E-state index < -0.39 is 0 Å². The second-order valence-corrected chi connectivity index (χ2v) is 4.96. The third-order valence-corrected chi connectivity index (χ3v) is 2.52. The van der Waals surface area contributed by atoms with Crippen molar-refractivity contribution >= 4 is 0 Å². The molecule has 0 unspecified atom stereocenters. The summed E-state index contributed by atoms with van der Waals surface area (Å²) in [4.78, 5) is 0. The van der Waals surface area contributed by atoms with E-state index in [0.29, 0.717) is 0 Å². The maximum absolute atomic E-state index is 4.64. The number of likely N-dealkylation sites (N-methyl/N-ethyl adjacent to an activating group) is 1. The highest BCUT2D eigenvalue weighted by Crippen LogP contribution is 2.24. The Bertz CT molecular complexity index is 307. The van der Waals surface area contributed by atoms with E-state index in [1.54, 1.807) is 0 Å². The zero-order chi connectivity index (χ0) is 11.5. The minimum absolute atomic E-state index is 0.142. The normalized spacial score (nSPS) is 12.1. The third-order valence-electron chi connectivity index (χ3n) is 2.52. The summed E-state index contributed by atoms with van der Waals surface area (Å²) in [7, 11) is 1.99. The fourth-order valence-electron chi connectivity index (χ4n) is 1.70. The molecule has 0 atom stereocenters. The highest BCUT2D eigenvalue weighted by Gasteiger charge is 2.21. The topological polar surface area (TPSA) is 29.9 Å². The molecule has 0 aromatic carbocycles. The van der Waals surface area contributed by atoms with Gasteiger partial charge >= 0.3 is 0 Å². The van der Waals surface area contributed by atoms with E-state index in [0.717, 1.165) is 19.5 Å². The molecule has 0 saturated heterocycles. The van der Waals surface area contributed by atoms with Gasteiger partial charge in [0.05, 0.1) is 5.69 Å². The number of rotatable bonds is 4. The monoisotopic (exact) mass is 209 g/mol. The first-order valence-corrected chi connectivity index (χ1v) is 5.70. The molecule has 0 spiro atoms. The number of hydrogen-bond acceptors (Lipinski definition) is 2. The Hall–Kier alpha value is -0.830. The van der Waals surface area contributed by atoms with Crippen LogP contribution in [0.25, 0.3) is 0 Å². The molecule has 1 aromatic rings. The summed E-state index contributed by atoms with van der Waals surface area (Å²) < 4.78 is 2.03. The molecule has 0 amide bonds. The second kappa shape index (κ2) is 4.79. The maximum atomic E-state index is 4.64. The first-order valence-electron chi connectivity index (χ1n) is 5.70. The fourth-order valence-corrected chi connectivity index (χ4v) is 1.70. The lowest BCUT2D eigenvalue weighted by atomic mass is 9.89. The summed E-state index contributed by atoms with van der Waals surface area (Å²) in [6.45, 7) is 10.7. The van der Waals surface area contributed by atoms with Crippen LogP contribution in [-0.4, -0.2) is 23.4 Å². The molecule has 15 heavy (non-hydrogen) atoms. The molecule has 86 valence electrons. The van der Waals surface area contributed by atoms with Gasteiger partial charge in [-0.3, -0.25) is 4.68 Å². The van der Waals surface area contributed by atoms with Crippen molar-refractivity contribution in [1.82, 2.24) is 15.1 Å². The van der Waals surface area contributed by atoms with E-state index in [9.17, 15) is 0 Å². The molecule has 0 fully saturated rings. The molecule has 0 aliphatic heterocycles. The molecular formula is C12H23N3. The van der Waals surface area contributed by atoms with Gasteiger partial charge in [-0.2, -0.15) is 5.10 Å². The van der Waals surface area contributed by atoms with Crippen molar-refractivity contribution in [3.05, 3.63) is 17.5 Å². The first-order chi connectivity index (χ1) is 6.99. The Morgan fingerprint density at radius 1 is 1.40 bits per heavy atom. The molecular weight excluding hydrogens is 186 g/mol. The van der Waals surface area contributed by atoms with E-state index in [-0.39, 0.29) is 5.41 Å². The third kappa shape index (κ3) is 3.06. The van der Waals surface area contributed by atoms with Crippen molar-refractivity contribution in [3.63, 3.8) is 0 Å². The first kappa shape index (κ1) is 12.2. The summed E-state index contributed by atoms with van der Waals surface area (Å²) in [6.07, 6.45) is 3.24. The van der Waals surface area contributed by atoms with Crippen LogP contribution in [-0.2, 0) is 18.4 Å². The van der Waals surface area contributed by atoms with Gasteiger partial charge in [0, 0.05) is 18.2 Å². The van der Waals surface area contributed by atoms with Gasteiger partial charge in [0.25, 0.3) is 0 Å². The van der Waals surface area contributed by atoms with Gasteiger partial charge in [-0.15, -0.1) is 0 Å². The predicted molar refractivity (Wildman–Crippen MR) is 64.2 cm³/mol. The number of aromatic nitrogens is 2. The average Bonchev–Trinajstić information content (AvgIpc) is 2.57. The van der Waals surface area contributed by atoms with Gasteiger partial charge in [0.15, 0.2) is 0 Å². The zero-order valence-electron chi connectivity index (χ0n) is 10.6. The summed E-state index contributed by atoms with van der Waals surface area (Å²) in [5.74, 6) is 0. The summed E-state index contributed by atoms with van der Waals surface area (Å²) in [6, 6.07) is 0. The highest BCUT2D eigenvalue weighted by atomic mass is 15.3. The number of hydrogen-bond donors (Lipinski definition) is 1. The predicted octanol–water partition coefficient (Wildman–Crippen LogP) is 1.96. The Kier molecular flexibility index (Phi) is 3.91. The molecule has 0 aliphatic rings. The Morgan fingerprint density at radius 2 is 2.07 bits per heavy atom. The number of aryl methyl sites for hydroxylation is 1. The molecule has 1 N–H and O–H groups in total. The average molecular weight is 209 g/mol. The van der Waals surface area contributed by atoms with Gasteiger partial charge in [-0.25, -0.2) is 0 Å². The molecule has 1 aromatic heterocycles. The lowest BCUT2D eigenvalue weighted by Crippen LogP contribution is -2.17. The summed E-state index contributed by atoms with van der Waals surface area (Å²) in [5, 5.41) is 7.83. The highest BCUT2D eigenvalue weighted by molar-refractivity contribution is 5.24. The zero-order valence-corrected chi connectivity index (χ0v) is 10.6. The standard InChI is InChI=1S/C12H23N3/c1-6-15-9-10(7-8-13-5)11(14-15)12(2,3)4/h9,13H,6-8H2,1-5H3. The summed E-state index contributed by atoms with van der Waals surface area (Å²) >= 11 is 0. The quantitative estimate of drug-likeness (QED) is 0.821. The van der Waals surface area contributed by atoms with Crippen molar-refractivity contribution in [2.45, 2.75) is 46.1 Å². The van der Waals surface area contributed by atoms with Gasteiger partial charge in [0.2, 0.25) is 0 Å². The van der Waals surface area contributed by atoms with E-state index >= 15 is 0 Å². The van der Waals surface area contributed by atoms with Crippen LogP contribution in [0.3, 0.4) is 0 Å². The smallest absolute Gasteiger partial charge is 0.0710 e. The SMILES string of the molecule is CCn1cc(CCNC)c(C(C)(C)C)n1. The minimum atomic E-state index is 0.142. The van der Waals surface area contributed by atoms with Crippen LogP contribution >= 0.6 is 0 Å². The van der Waals surface area contributed by atoms with Gasteiger partial charge in [-0.1, -0.05) is 20.8 Å². The van der Waals surface area contributed by atoms with Crippen LogP contribution in [0.2, 0.25) is 0 Å². The fraction of sp³-hybridized carbons (Fsp3) is 0.750. The molecule has 1 rings (SSSR count). The van der Waals surface area contributed by atoms with Crippen LogP contribution in [0.4, 0.5) is 0 Å². The van der Waals surface area contributed by atoms with Crippen LogP contribution < -0.4 is 5.32 Å². The van der Waals surface area contributed by atoms with Crippen LogP contribution in [0.15, 0.2) is 6.20 Å². The largest absolute Gasteiger partial charge is 0.319 e. The van der Waals surface area contributed by atoms with Crippen molar-refractivity contribution < 1.29 is 0 Å². The van der Waals surface area contributed by atoms with Crippen LogP contribution in [0.5, 0.6) is 0 Å².